The van der Waals surface area contributed by atoms with Gasteiger partial charge in [0.15, 0.2) is 11.0 Å². The Bertz CT molecular complexity index is 899. The maximum Gasteiger partial charge on any atom is 0.269 e. The van der Waals surface area contributed by atoms with Crippen LogP contribution in [-0.4, -0.2) is 19.7 Å². The first kappa shape index (κ1) is 17.0. The van der Waals surface area contributed by atoms with Crippen molar-refractivity contribution in [1.82, 2.24) is 14.8 Å². The van der Waals surface area contributed by atoms with Crippen molar-refractivity contribution in [2.75, 3.05) is 0 Å². The quantitative estimate of drug-likeness (QED) is 0.272. The molecule has 0 radical (unpaired) electrons. The maximum absolute atomic E-state index is 10.7. The van der Waals surface area contributed by atoms with E-state index < -0.39 is 4.92 Å². The van der Waals surface area contributed by atoms with E-state index in [4.69, 9.17) is 4.42 Å². The van der Waals surface area contributed by atoms with Crippen LogP contribution in [0.1, 0.15) is 11.3 Å². The Morgan fingerprint density at radius 3 is 2.68 bits per heavy atom. The number of benzene rings is 1. The Kier molecular flexibility index (Phi) is 4.99. The van der Waals surface area contributed by atoms with Gasteiger partial charge >= 0.3 is 0 Å². The molecule has 2 heterocycles. The highest BCUT2D eigenvalue weighted by molar-refractivity contribution is 7.98. The maximum atomic E-state index is 10.7. The number of allylic oxidation sites excluding steroid dienone is 1. The molecule has 8 heteroatoms. The molecule has 0 N–H and O–H groups in total. The number of nitro groups is 1. The third-order valence-electron chi connectivity index (χ3n) is 3.64. The van der Waals surface area contributed by atoms with Gasteiger partial charge in [-0.2, -0.15) is 0 Å². The third kappa shape index (κ3) is 3.63. The van der Waals surface area contributed by atoms with Gasteiger partial charge in [0.1, 0.15) is 5.76 Å². The van der Waals surface area contributed by atoms with Gasteiger partial charge in [-0.15, -0.1) is 16.8 Å². The summed E-state index contributed by atoms with van der Waals surface area (Å²) in [5.41, 5.74) is 1.96. The number of hydrogen-bond donors (Lipinski definition) is 0. The van der Waals surface area contributed by atoms with E-state index in [1.807, 2.05) is 17.6 Å². The van der Waals surface area contributed by atoms with Gasteiger partial charge in [-0.3, -0.25) is 14.7 Å². The number of nitrogens with zero attached hydrogens (tertiary/aromatic N) is 4. The molecule has 128 valence electrons. The van der Waals surface area contributed by atoms with Crippen LogP contribution in [0.3, 0.4) is 0 Å². The highest BCUT2D eigenvalue weighted by Gasteiger charge is 2.16. The molecule has 7 nitrogen and oxygen atoms in total. The molecule has 0 unspecified atom stereocenters. The van der Waals surface area contributed by atoms with Crippen LogP contribution in [0.15, 0.2) is 58.8 Å². The molecule has 25 heavy (non-hydrogen) atoms. The first-order valence-electron chi connectivity index (χ1n) is 7.55. The molecule has 0 aliphatic carbocycles. The molecule has 2 aromatic heterocycles. The fraction of sp³-hybridized carbons (Fsp3) is 0.176. The first-order valence-corrected chi connectivity index (χ1v) is 8.53. The monoisotopic (exact) mass is 356 g/mol. The van der Waals surface area contributed by atoms with E-state index in [-0.39, 0.29) is 5.69 Å². The largest absolute Gasteiger partial charge is 0.469 e. The summed E-state index contributed by atoms with van der Waals surface area (Å²) in [6.07, 6.45) is 3.42. The molecule has 0 saturated carbocycles. The van der Waals surface area contributed by atoms with Gasteiger partial charge < -0.3 is 4.42 Å². The molecule has 0 spiro atoms. The lowest BCUT2D eigenvalue weighted by Gasteiger charge is -2.07. The smallest absolute Gasteiger partial charge is 0.269 e. The summed E-state index contributed by atoms with van der Waals surface area (Å²) >= 11 is 1.52. The fourth-order valence-electron chi connectivity index (χ4n) is 2.37. The minimum absolute atomic E-state index is 0.0845. The van der Waals surface area contributed by atoms with Crippen molar-refractivity contribution >= 4 is 17.4 Å². The van der Waals surface area contributed by atoms with E-state index in [1.54, 1.807) is 24.5 Å². The van der Waals surface area contributed by atoms with Crippen molar-refractivity contribution in [3.63, 3.8) is 0 Å². The van der Waals surface area contributed by atoms with Crippen LogP contribution in [-0.2, 0) is 12.3 Å². The van der Waals surface area contributed by atoms with Gasteiger partial charge in [-0.1, -0.05) is 30.0 Å². The SMILES string of the molecule is C=CCn1c(SCc2ccc([N+](=O)[O-])cc2)nnc1-c1ccoc1C. The molecule has 1 aromatic carbocycles. The Hall–Kier alpha value is -2.87. The van der Waals surface area contributed by atoms with Crippen molar-refractivity contribution in [1.29, 1.82) is 0 Å². The summed E-state index contributed by atoms with van der Waals surface area (Å²) < 4.78 is 7.33. The van der Waals surface area contributed by atoms with Crippen LogP contribution in [0.25, 0.3) is 11.4 Å². The molecule has 0 atom stereocenters. The standard InChI is InChI=1S/C17H16N4O3S/c1-3-9-20-16(15-8-10-24-12(15)2)18-19-17(20)25-11-13-4-6-14(7-5-13)21(22)23/h3-8,10H,1,9,11H2,2H3. The second-order valence-corrected chi connectivity index (χ2v) is 6.25. The van der Waals surface area contributed by atoms with Crippen molar-refractivity contribution < 1.29 is 9.34 Å². The van der Waals surface area contributed by atoms with Crippen molar-refractivity contribution in [2.45, 2.75) is 24.4 Å². The zero-order chi connectivity index (χ0) is 17.8. The van der Waals surface area contributed by atoms with Gasteiger partial charge in [0, 0.05) is 24.4 Å². The minimum atomic E-state index is -0.406. The van der Waals surface area contributed by atoms with Crippen LogP contribution in [0.2, 0.25) is 0 Å². The Labute approximate surface area is 148 Å². The second-order valence-electron chi connectivity index (χ2n) is 5.31. The Balaban J connectivity index is 1.80. The van der Waals surface area contributed by atoms with E-state index in [1.165, 1.54) is 23.9 Å². The van der Waals surface area contributed by atoms with E-state index in [9.17, 15) is 10.1 Å². The molecule has 0 amide bonds. The van der Waals surface area contributed by atoms with Gasteiger partial charge in [-0.05, 0) is 18.6 Å². The number of rotatable bonds is 7. The zero-order valence-electron chi connectivity index (χ0n) is 13.6. The average Bonchev–Trinajstić information content (AvgIpc) is 3.19. The Morgan fingerprint density at radius 2 is 2.08 bits per heavy atom. The van der Waals surface area contributed by atoms with E-state index >= 15 is 0 Å². The summed E-state index contributed by atoms with van der Waals surface area (Å²) in [6, 6.07) is 8.37. The van der Waals surface area contributed by atoms with E-state index in [0.717, 1.165) is 27.9 Å². The van der Waals surface area contributed by atoms with E-state index in [2.05, 4.69) is 16.8 Å². The number of non-ortho nitro benzene ring substituents is 1. The topological polar surface area (TPSA) is 87.0 Å². The molecule has 0 aliphatic heterocycles. The van der Waals surface area contributed by atoms with E-state index in [0.29, 0.717) is 12.3 Å². The summed E-state index contributed by atoms with van der Waals surface area (Å²) in [6.45, 7) is 6.25. The predicted molar refractivity (Wildman–Crippen MR) is 95.3 cm³/mol. The van der Waals surface area contributed by atoms with Gasteiger partial charge in [0.2, 0.25) is 0 Å². The van der Waals surface area contributed by atoms with Crippen molar-refractivity contribution in [3.05, 3.63) is 70.7 Å². The van der Waals surface area contributed by atoms with Crippen LogP contribution >= 0.6 is 11.8 Å². The fourth-order valence-corrected chi connectivity index (χ4v) is 3.27. The van der Waals surface area contributed by atoms with Crippen LogP contribution < -0.4 is 0 Å². The Morgan fingerprint density at radius 1 is 1.32 bits per heavy atom. The van der Waals surface area contributed by atoms with Crippen LogP contribution in [0.4, 0.5) is 5.69 Å². The van der Waals surface area contributed by atoms with Crippen molar-refractivity contribution in [3.8, 4) is 11.4 Å². The highest BCUT2D eigenvalue weighted by atomic mass is 32.2. The number of nitro benzene ring substituents is 1. The van der Waals surface area contributed by atoms with Crippen LogP contribution in [0.5, 0.6) is 0 Å². The molecule has 3 rings (SSSR count). The lowest BCUT2D eigenvalue weighted by Crippen LogP contribution is -2.00. The molecule has 0 fully saturated rings. The van der Waals surface area contributed by atoms with Crippen molar-refractivity contribution in [2.24, 2.45) is 0 Å². The first-order chi connectivity index (χ1) is 12.1. The zero-order valence-corrected chi connectivity index (χ0v) is 14.4. The summed E-state index contributed by atoms with van der Waals surface area (Å²) in [4.78, 5) is 10.3. The lowest BCUT2D eigenvalue weighted by atomic mass is 10.2. The number of thioether (sulfide) groups is 1. The molecule has 0 saturated heterocycles. The number of aryl methyl sites for hydroxylation is 1. The lowest BCUT2D eigenvalue weighted by molar-refractivity contribution is -0.384. The molecular weight excluding hydrogens is 340 g/mol. The number of furan rings is 1. The second kappa shape index (κ2) is 7.35. The summed E-state index contributed by atoms with van der Waals surface area (Å²) in [5.74, 6) is 2.15. The molecule has 3 aromatic rings. The average molecular weight is 356 g/mol. The van der Waals surface area contributed by atoms with Gasteiger partial charge in [-0.25, -0.2) is 0 Å². The summed E-state index contributed by atoms with van der Waals surface area (Å²) in [7, 11) is 0. The molecule has 0 bridgehead atoms. The van der Waals surface area contributed by atoms with Gasteiger partial charge in [0.05, 0.1) is 16.7 Å². The number of aromatic nitrogens is 3. The van der Waals surface area contributed by atoms with Crippen LogP contribution in [0, 0.1) is 17.0 Å². The number of hydrogen-bond acceptors (Lipinski definition) is 6. The molecule has 0 aliphatic rings. The highest BCUT2D eigenvalue weighted by Crippen LogP contribution is 2.29. The minimum Gasteiger partial charge on any atom is -0.469 e. The predicted octanol–water partition coefficient (Wildman–Crippen LogP) is 4.23. The van der Waals surface area contributed by atoms with Gasteiger partial charge in [0.25, 0.3) is 5.69 Å². The third-order valence-corrected chi connectivity index (χ3v) is 4.68. The summed E-state index contributed by atoms with van der Waals surface area (Å²) in [5, 5.41) is 20.0. The normalized spacial score (nSPS) is 10.8. The molecular formula is C17H16N4O3S.